The summed E-state index contributed by atoms with van der Waals surface area (Å²) in [6.07, 6.45) is -4.68. The number of amides is 3. The third kappa shape index (κ3) is 7.28. The van der Waals surface area contributed by atoms with Gasteiger partial charge in [0.25, 0.3) is 0 Å². The summed E-state index contributed by atoms with van der Waals surface area (Å²) >= 11 is 0. The molecular formula is C20H22F3N3O5. The summed E-state index contributed by atoms with van der Waals surface area (Å²) < 4.78 is 52.1. The van der Waals surface area contributed by atoms with Crippen LogP contribution in [-0.4, -0.2) is 46.0 Å². The molecule has 0 unspecified atom stereocenters. The first kappa shape index (κ1) is 23.6. The molecular weight excluding hydrogens is 419 g/mol. The largest absolute Gasteiger partial charge is 0.493 e. The van der Waals surface area contributed by atoms with Crippen molar-refractivity contribution in [2.24, 2.45) is 0 Å². The van der Waals surface area contributed by atoms with Crippen LogP contribution in [0.2, 0.25) is 0 Å². The van der Waals surface area contributed by atoms with Crippen molar-refractivity contribution >= 4 is 23.3 Å². The fourth-order valence-corrected chi connectivity index (χ4v) is 2.60. The third-order valence-electron chi connectivity index (χ3n) is 3.99. The van der Waals surface area contributed by atoms with Crippen molar-refractivity contribution in [2.45, 2.75) is 12.6 Å². The van der Waals surface area contributed by atoms with Gasteiger partial charge in [0.1, 0.15) is 6.54 Å². The Morgan fingerprint density at radius 3 is 1.90 bits per heavy atom. The summed E-state index contributed by atoms with van der Waals surface area (Å²) in [5.74, 6) is 0.361. The number of hydrogen-bond donors (Lipinski definition) is 3. The number of ether oxygens (including phenoxy) is 3. The highest BCUT2D eigenvalue weighted by Crippen LogP contribution is 2.39. The maximum Gasteiger partial charge on any atom is 0.405 e. The molecule has 0 atom stereocenters. The quantitative estimate of drug-likeness (QED) is 0.582. The Kier molecular flexibility index (Phi) is 7.94. The predicted octanol–water partition coefficient (Wildman–Crippen LogP) is 3.58. The van der Waals surface area contributed by atoms with E-state index in [1.807, 2.05) is 0 Å². The van der Waals surface area contributed by atoms with E-state index >= 15 is 0 Å². The van der Waals surface area contributed by atoms with E-state index in [2.05, 4.69) is 10.6 Å². The first-order valence-electron chi connectivity index (χ1n) is 8.95. The number of alkyl halides is 3. The number of halogens is 3. The van der Waals surface area contributed by atoms with Gasteiger partial charge in [-0.25, -0.2) is 4.79 Å². The van der Waals surface area contributed by atoms with Crippen LogP contribution in [0.3, 0.4) is 0 Å². The molecule has 0 aliphatic rings. The van der Waals surface area contributed by atoms with Gasteiger partial charge in [-0.1, -0.05) is 12.1 Å². The highest BCUT2D eigenvalue weighted by molar-refractivity contribution is 6.00. The van der Waals surface area contributed by atoms with Crippen LogP contribution >= 0.6 is 0 Å². The van der Waals surface area contributed by atoms with Gasteiger partial charge in [-0.2, -0.15) is 13.2 Å². The normalized spacial score (nSPS) is 10.8. The fourth-order valence-electron chi connectivity index (χ4n) is 2.60. The number of carbonyl (C=O) groups excluding carboxylic acids is 2. The van der Waals surface area contributed by atoms with Crippen LogP contribution in [0.15, 0.2) is 36.4 Å². The van der Waals surface area contributed by atoms with Gasteiger partial charge in [-0.05, 0) is 17.7 Å². The average Bonchev–Trinajstić information content (AvgIpc) is 2.72. The second-order valence-electron chi connectivity index (χ2n) is 6.26. The predicted molar refractivity (Wildman–Crippen MR) is 108 cm³/mol. The van der Waals surface area contributed by atoms with E-state index in [9.17, 15) is 22.8 Å². The third-order valence-corrected chi connectivity index (χ3v) is 3.99. The van der Waals surface area contributed by atoms with Crippen LogP contribution in [-0.2, 0) is 11.2 Å². The van der Waals surface area contributed by atoms with Gasteiger partial charge in [0.2, 0.25) is 11.7 Å². The summed E-state index contributed by atoms with van der Waals surface area (Å²) in [4.78, 5) is 23.8. The minimum atomic E-state index is -4.46. The zero-order valence-electron chi connectivity index (χ0n) is 17.1. The molecule has 0 aromatic heterocycles. The lowest BCUT2D eigenvalue weighted by Gasteiger charge is -2.15. The number of hydrogen-bond acceptors (Lipinski definition) is 5. The van der Waals surface area contributed by atoms with Gasteiger partial charge in [0.05, 0.1) is 33.4 Å². The molecule has 0 bridgehead atoms. The van der Waals surface area contributed by atoms with Crippen molar-refractivity contribution in [2.75, 3.05) is 38.5 Å². The van der Waals surface area contributed by atoms with Crippen molar-refractivity contribution < 1.29 is 37.0 Å². The van der Waals surface area contributed by atoms with Crippen LogP contribution in [0.25, 0.3) is 0 Å². The Morgan fingerprint density at radius 2 is 1.42 bits per heavy atom. The average molecular weight is 441 g/mol. The van der Waals surface area contributed by atoms with Gasteiger partial charge in [-0.15, -0.1) is 0 Å². The van der Waals surface area contributed by atoms with E-state index in [0.29, 0.717) is 34.2 Å². The van der Waals surface area contributed by atoms with E-state index in [1.165, 1.54) is 45.6 Å². The van der Waals surface area contributed by atoms with E-state index < -0.39 is 24.7 Å². The summed E-state index contributed by atoms with van der Waals surface area (Å²) in [7, 11) is 4.36. The van der Waals surface area contributed by atoms with Crippen molar-refractivity contribution in [1.82, 2.24) is 5.32 Å². The molecule has 31 heavy (non-hydrogen) atoms. The van der Waals surface area contributed by atoms with Crippen LogP contribution in [0.5, 0.6) is 17.2 Å². The molecule has 168 valence electrons. The number of benzene rings is 2. The molecule has 11 heteroatoms. The van der Waals surface area contributed by atoms with Gasteiger partial charge in [0, 0.05) is 17.8 Å². The van der Waals surface area contributed by atoms with E-state index in [0.717, 1.165) is 0 Å². The zero-order chi connectivity index (χ0) is 23.0. The Bertz CT molecular complexity index is 892. The summed E-state index contributed by atoms with van der Waals surface area (Å²) in [5, 5.41) is 7.04. The second kappa shape index (κ2) is 10.4. The van der Waals surface area contributed by atoms with Crippen molar-refractivity contribution in [3.63, 3.8) is 0 Å². The number of urea groups is 1. The number of rotatable bonds is 8. The van der Waals surface area contributed by atoms with Crippen LogP contribution in [0, 0.1) is 0 Å². The first-order chi connectivity index (χ1) is 14.6. The molecule has 3 amide bonds. The molecule has 0 aliphatic heterocycles. The molecule has 2 aromatic carbocycles. The van der Waals surface area contributed by atoms with Crippen molar-refractivity contribution in [1.29, 1.82) is 0 Å². The second-order valence-corrected chi connectivity index (χ2v) is 6.26. The molecule has 3 N–H and O–H groups in total. The Balaban J connectivity index is 1.96. The number of nitrogens with one attached hydrogen (secondary N) is 3. The Morgan fingerprint density at radius 1 is 0.871 bits per heavy atom. The van der Waals surface area contributed by atoms with E-state index in [4.69, 9.17) is 14.2 Å². The molecule has 2 rings (SSSR count). The summed E-state index contributed by atoms with van der Waals surface area (Å²) in [6.45, 7) is -1.38. The molecule has 0 saturated heterocycles. The minimum absolute atomic E-state index is 0.214. The molecule has 0 spiro atoms. The lowest BCUT2D eigenvalue weighted by molar-refractivity contribution is -0.138. The summed E-state index contributed by atoms with van der Waals surface area (Å²) in [5.41, 5.74) is 1.31. The molecule has 2 aromatic rings. The van der Waals surface area contributed by atoms with Gasteiger partial charge < -0.3 is 30.2 Å². The van der Waals surface area contributed by atoms with E-state index in [-0.39, 0.29) is 6.42 Å². The van der Waals surface area contributed by atoms with Crippen LogP contribution in [0.1, 0.15) is 5.56 Å². The van der Waals surface area contributed by atoms with Gasteiger partial charge in [0.15, 0.2) is 11.5 Å². The summed E-state index contributed by atoms with van der Waals surface area (Å²) in [6, 6.07) is 8.69. The molecule has 0 aliphatic carbocycles. The number of methoxy groups -OCH3 is 3. The lowest BCUT2D eigenvalue weighted by atomic mass is 10.1. The monoisotopic (exact) mass is 441 g/mol. The molecule has 0 saturated carbocycles. The standard InChI is InChI=1S/C20H22F3N3O5/c1-29-15-9-14(10-16(30-2)18(15)31-3)26-19(28)25-13-6-4-12(5-7-13)8-17(27)24-11-20(21,22)23/h4-7,9-10H,8,11H2,1-3H3,(H,24,27)(H2,25,26,28). The molecule has 0 radical (unpaired) electrons. The Labute approximate surface area is 176 Å². The minimum Gasteiger partial charge on any atom is -0.493 e. The van der Waals surface area contributed by atoms with Gasteiger partial charge in [-0.3, -0.25) is 4.79 Å². The maximum atomic E-state index is 12.3. The van der Waals surface area contributed by atoms with Crippen molar-refractivity contribution in [3.8, 4) is 17.2 Å². The van der Waals surface area contributed by atoms with E-state index in [1.54, 1.807) is 17.4 Å². The van der Waals surface area contributed by atoms with Gasteiger partial charge >= 0.3 is 12.2 Å². The topological polar surface area (TPSA) is 97.9 Å². The SMILES string of the molecule is COc1cc(NC(=O)Nc2ccc(CC(=O)NCC(F)(F)F)cc2)cc(OC)c1OC. The van der Waals surface area contributed by atoms with Crippen LogP contribution in [0.4, 0.5) is 29.3 Å². The molecule has 0 fully saturated rings. The van der Waals surface area contributed by atoms with Crippen LogP contribution < -0.4 is 30.2 Å². The fraction of sp³-hybridized carbons (Fsp3) is 0.300. The highest BCUT2D eigenvalue weighted by atomic mass is 19.4. The number of carbonyl (C=O) groups is 2. The number of anilines is 2. The molecule has 0 heterocycles. The smallest absolute Gasteiger partial charge is 0.405 e. The maximum absolute atomic E-state index is 12.3. The Hall–Kier alpha value is -3.63. The first-order valence-corrected chi connectivity index (χ1v) is 8.95. The molecule has 8 nitrogen and oxygen atoms in total. The highest BCUT2D eigenvalue weighted by Gasteiger charge is 2.27. The lowest BCUT2D eigenvalue weighted by Crippen LogP contribution is -2.34. The van der Waals surface area contributed by atoms with Crippen molar-refractivity contribution in [3.05, 3.63) is 42.0 Å². The zero-order valence-corrected chi connectivity index (χ0v) is 17.1.